The highest BCUT2D eigenvalue weighted by Gasteiger charge is 2.25. The van der Waals surface area contributed by atoms with Gasteiger partial charge in [-0.15, -0.1) is 11.3 Å². The predicted molar refractivity (Wildman–Crippen MR) is 80.9 cm³/mol. The van der Waals surface area contributed by atoms with Gasteiger partial charge >= 0.3 is 0 Å². The minimum absolute atomic E-state index is 0.0428. The maximum absolute atomic E-state index is 12.4. The summed E-state index contributed by atoms with van der Waals surface area (Å²) in [5.74, 6) is 0.244. The van der Waals surface area contributed by atoms with Crippen LogP contribution < -0.4 is 0 Å². The smallest absolute Gasteiger partial charge is 0.235 e. The van der Waals surface area contributed by atoms with Crippen LogP contribution in [0.5, 0.6) is 0 Å². The minimum Gasteiger partial charge on any atom is -0.339 e. The van der Waals surface area contributed by atoms with E-state index in [0.29, 0.717) is 0 Å². The second kappa shape index (κ2) is 6.72. The van der Waals surface area contributed by atoms with E-state index < -0.39 is 0 Å². The average Bonchev–Trinajstić information content (AvgIpc) is 2.83. The molecule has 0 aromatic carbocycles. The number of nitrogens with zero attached hydrogens (tertiary/aromatic N) is 3. The molecule has 0 radical (unpaired) electrons. The first-order chi connectivity index (χ1) is 9.10. The fourth-order valence-electron chi connectivity index (χ4n) is 2.13. The number of thioether (sulfide) groups is 1. The van der Waals surface area contributed by atoms with Gasteiger partial charge in [0.15, 0.2) is 4.34 Å². The quantitative estimate of drug-likeness (QED) is 0.798. The number of thiazole rings is 1. The molecule has 6 heteroatoms. The van der Waals surface area contributed by atoms with Crippen LogP contribution in [0.15, 0.2) is 9.72 Å². The summed E-state index contributed by atoms with van der Waals surface area (Å²) in [5.41, 5.74) is 1.03. The number of carbonyl (C=O) groups is 1. The second-order valence-corrected chi connectivity index (χ2v) is 7.22. The van der Waals surface area contributed by atoms with Crippen LogP contribution in [0.1, 0.15) is 19.5 Å². The van der Waals surface area contributed by atoms with Crippen molar-refractivity contribution in [2.24, 2.45) is 0 Å². The van der Waals surface area contributed by atoms with Crippen molar-refractivity contribution in [3.63, 3.8) is 0 Å². The lowest BCUT2D eigenvalue weighted by Crippen LogP contribution is -2.50. The van der Waals surface area contributed by atoms with Crippen LogP contribution in [-0.2, 0) is 4.79 Å². The number of likely N-dealkylation sites (N-methyl/N-ethyl adjacent to an activating group) is 1. The first-order valence-corrected chi connectivity index (χ1v) is 8.46. The van der Waals surface area contributed by atoms with Crippen LogP contribution in [0.4, 0.5) is 0 Å². The van der Waals surface area contributed by atoms with E-state index in [1.54, 1.807) is 23.1 Å². The Hall–Kier alpha value is -0.590. The van der Waals surface area contributed by atoms with Gasteiger partial charge in [-0.3, -0.25) is 4.79 Å². The van der Waals surface area contributed by atoms with E-state index in [2.05, 4.69) is 16.8 Å². The van der Waals surface area contributed by atoms with Crippen molar-refractivity contribution in [3.8, 4) is 0 Å². The minimum atomic E-state index is -0.0428. The van der Waals surface area contributed by atoms with E-state index in [4.69, 9.17) is 0 Å². The van der Waals surface area contributed by atoms with Crippen molar-refractivity contribution in [1.29, 1.82) is 0 Å². The van der Waals surface area contributed by atoms with Crippen LogP contribution >= 0.6 is 23.1 Å². The molecular weight excluding hydrogens is 278 g/mol. The molecule has 0 bridgehead atoms. The van der Waals surface area contributed by atoms with Crippen molar-refractivity contribution in [2.45, 2.75) is 30.4 Å². The SMILES string of the molecule is CCN1CCN(C(=O)C(C)Sc2nc(C)cs2)CC1. The molecule has 1 aliphatic rings. The Morgan fingerprint density at radius 3 is 2.68 bits per heavy atom. The van der Waals surface area contributed by atoms with E-state index >= 15 is 0 Å². The van der Waals surface area contributed by atoms with Crippen molar-refractivity contribution in [2.75, 3.05) is 32.7 Å². The van der Waals surface area contributed by atoms with Crippen molar-refractivity contribution in [3.05, 3.63) is 11.1 Å². The zero-order valence-corrected chi connectivity index (χ0v) is 13.4. The van der Waals surface area contributed by atoms with Gasteiger partial charge in [-0.1, -0.05) is 18.7 Å². The maximum atomic E-state index is 12.4. The Labute approximate surface area is 123 Å². The van der Waals surface area contributed by atoms with Gasteiger partial charge in [0.2, 0.25) is 5.91 Å². The molecule has 1 saturated heterocycles. The summed E-state index contributed by atoms with van der Waals surface area (Å²) >= 11 is 3.19. The normalized spacial score (nSPS) is 18.6. The summed E-state index contributed by atoms with van der Waals surface area (Å²) in [6.45, 7) is 10.9. The number of amides is 1. The second-order valence-electron chi connectivity index (χ2n) is 4.77. The molecule has 19 heavy (non-hydrogen) atoms. The summed E-state index contributed by atoms with van der Waals surface area (Å²) in [4.78, 5) is 21.1. The topological polar surface area (TPSA) is 36.4 Å². The first-order valence-electron chi connectivity index (χ1n) is 6.70. The fourth-order valence-corrected chi connectivity index (χ4v) is 4.20. The average molecular weight is 299 g/mol. The highest BCUT2D eigenvalue weighted by Crippen LogP contribution is 2.27. The first kappa shape index (κ1) is 14.8. The summed E-state index contributed by atoms with van der Waals surface area (Å²) < 4.78 is 0.991. The van der Waals surface area contributed by atoms with Gasteiger partial charge in [0.05, 0.1) is 5.25 Å². The monoisotopic (exact) mass is 299 g/mol. The third-order valence-electron chi connectivity index (χ3n) is 3.35. The third kappa shape index (κ3) is 3.94. The molecule has 106 valence electrons. The van der Waals surface area contributed by atoms with Crippen LogP contribution in [0.2, 0.25) is 0 Å². The molecule has 1 fully saturated rings. The van der Waals surface area contributed by atoms with Gasteiger partial charge in [0.25, 0.3) is 0 Å². The van der Waals surface area contributed by atoms with Crippen LogP contribution in [0.3, 0.4) is 0 Å². The third-order valence-corrected chi connectivity index (χ3v) is 5.53. The number of rotatable bonds is 4. The molecule has 0 aliphatic carbocycles. The number of hydrogen-bond acceptors (Lipinski definition) is 5. The zero-order valence-electron chi connectivity index (χ0n) is 11.8. The highest BCUT2D eigenvalue weighted by atomic mass is 32.2. The molecule has 2 rings (SSSR count). The number of hydrogen-bond donors (Lipinski definition) is 0. The van der Waals surface area contributed by atoms with Crippen molar-refractivity contribution in [1.82, 2.24) is 14.8 Å². The summed E-state index contributed by atoms with van der Waals surface area (Å²) in [6.07, 6.45) is 0. The van der Waals surface area contributed by atoms with Crippen molar-refractivity contribution >= 4 is 29.0 Å². The van der Waals surface area contributed by atoms with Gasteiger partial charge in [-0.25, -0.2) is 4.98 Å². The van der Waals surface area contributed by atoms with E-state index in [1.165, 1.54) is 0 Å². The molecule has 4 nitrogen and oxygen atoms in total. The van der Waals surface area contributed by atoms with Gasteiger partial charge in [-0.2, -0.15) is 0 Å². The largest absolute Gasteiger partial charge is 0.339 e. The molecule has 0 spiro atoms. The molecule has 1 aromatic heterocycles. The number of aromatic nitrogens is 1. The molecule has 1 aromatic rings. The van der Waals surface area contributed by atoms with Gasteiger partial charge in [-0.05, 0) is 20.4 Å². The Kier molecular flexibility index (Phi) is 5.24. The Morgan fingerprint density at radius 1 is 1.47 bits per heavy atom. The lowest BCUT2D eigenvalue weighted by atomic mass is 10.3. The summed E-state index contributed by atoms with van der Waals surface area (Å²) in [7, 11) is 0. The lowest BCUT2D eigenvalue weighted by Gasteiger charge is -2.35. The molecule has 2 heterocycles. The number of piperazine rings is 1. The maximum Gasteiger partial charge on any atom is 0.235 e. The molecule has 1 unspecified atom stereocenters. The molecular formula is C13H21N3OS2. The lowest BCUT2D eigenvalue weighted by molar-refractivity contribution is -0.132. The standard InChI is InChI=1S/C13H21N3OS2/c1-4-15-5-7-16(8-6-15)12(17)11(3)19-13-14-10(2)9-18-13/h9,11H,4-8H2,1-3H3. The van der Waals surface area contributed by atoms with Crippen LogP contribution in [-0.4, -0.2) is 58.7 Å². The summed E-state index contributed by atoms with van der Waals surface area (Å²) in [6, 6.07) is 0. The molecule has 0 saturated carbocycles. The highest BCUT2D eigenvalue weighted by molar-refractivity contribution is 8.02. The van der Waals surface area contributed by atoms with Gasteiger partial charge in [0.1, 0.15) is 0 Å². The Bertz CT molecular complexity index is 427. The predicted octanol–water partition coefficient (Wildman–Crippen LogP) is 2.10. The Balaban J connectivity index is 1.85. The van der Waals surface area contributed by atoms with E-state index in [-0.39, 0.29) is 11.2 Å². The van der Waals surface area contributed by atoms with Crippen LogP contribution in [0, 0.1) is 6.92 Å². The molecule has 1 atom stereocenters. The van der Waals surface area contributed by atoms with Crippen LogP contribution in [0.25, 0.3) is 0 Å². The molecule has 1 amide bonds. The van der Waals surface area contributed by atoms with Gasteiger partial charge in [0, 0.05) is 37.3 Å². The summed E-state index contributed by atoms with van der Waals surface area (Å²) in [5, 5.41) is 1.98. The van der Waals surface area contributed by atoms with Gasteiger partial charge < -0.3 is 9.80 Å². The fraction of sp³-hybridized carbons (Fsp3) is 0.692. The van der Waals surface area contributed by atoms with E-state index in [9.17, 15) is 4.79 Å². The Morgan fingerprint density at radius 2 is 2.16 bits per heavy atom. The van der Waals surface area contributed by atoms with Crippen molar-refractivity contribution < 1.29 is 4.79 Å². The number of aryl methyl sites for hydroxylation is 1. The van der Waals surface area contributed by atoms with E-state index in [0.717, 1.165) is 42.8 Å². The number of carbonyl (C=O) groups excluding carboxylic acids is 1. The molecule has 0 N–H and O–H groups in total. The zero-order chi connectivity index (χ0) is 13.8. The van der Waals surface area contributed by atoms with E-state index in [1.807, 2.05) is 24.1 Å². The molecule has 1 aliphatic heterocycles.